The van der Waals surface area contributed by atoms with E-state index in [2.05, 4.69) is 17.4 Å². The molecule has 16 heavy (non-hydrogen) atoms. The first-order valence-electron chi connectivity index (χ1n) is 5.45. The Kier molecular flexibility index (Phi) is 3.22. The van der Waals surface area contributed by atoms with E-state index in [1.165, 1.54) is 5.56 Å². The quantitative estimate of drug-likeness (QED) is 0.677. The summed E-state index contributed by atoms with van der Waals surface area (Å²) in [4.78, 5) is 10.5. The number of carboxylic acids is 1. The van der Waals surface area contributed by atoms with Gasteiger partial charge in [-0.25, -0.2) is 0 Å². The zero-order chi connectivity index (χ0) is 11.5. The smallest absolute Gasteiger partial charge is 0.321 e. The summed E-state index contributed by atoms with van der Waals surface area (Å²) in [5, 5.41) is 11.8. The van der Waals surface area contributed by atoms with Crippen molar-refractivity contribution in [1.82, 2.24) is 5.32 Å². The van der Waals surface area contributed by atoms with Gasteiger partial charge in [-0.05, 0) is 12.0 Å². The molecule has 0 aromatic heterocycles. The normalized spacial score (nSPS) is 25.1. The van der Waals surface area contributed by atoms with Gasteiger partial charge >= 0.3 is 5.97 Å². The van der Waals surface area contributed by atoms with Crippen LogP contribution in [0.5, 0.6) is 0 Å². The van der Waals surface area contributed by atoms with Crippen molar-refractivity contribution in [3.63, 3.8) is 0 Å². The predicted molar refractivity (Wildman–Crippen MR) is 61.2 cm³/mol. The van der Waals surface area contributed by atoms with Crippen molar-refractivity contribution in [3.8, 4) is 0 Å². The van der Waals surface area contributed by atoms with Crippen LogP contribution in [-0.2, 0) is 4.79 Å². The molecule has 2 rings (SSSR count). The molecule has 1 aliphatic carbocycles. The average molecular weight is 220 g/mol. The van der Waals surface area contributed by atoms with E-state index in [1.54, 1.807) is 0 Å². The van der Waals surface area contributed by atoms with E-state index < -0.39 is 12.0 Å². The summed E-state index contributed by atoms with van der Waals surface area (Å²) in [5.74, 6) is -0.438. The molecule has 0 heterocycles. The van der Waals surface area contributed by atoms with Crippen LogP contribution in [0.3, 0.4) is 0 Å². The molecule has 0 saturated heterocycles. The molecule has 4 heteroatoms. The van der Waals surface area contributed by atoms with Crippen LogP contribution in [0, 0.1) is 0 Å². The number of hydrogen-bond donors (Lipinski definition) is 3. The predicted octanol–water partition coefficient (Wildman–Crippen LogP) is 0.544. The molecule has 1 aromatic carbocycles. The fraction of sp³-hybridized carbons (Fsp3) is 0.417. The van der Waals surface area contributed by atoms with Crippen LogP contribution in [-0.4, -0.2) is 29.7 Å². The number of nitrogens with two attached hydrogens (primary N) is 1. The van der Waals surface area contributed by atoms with Crippen LogP contribution >= 0.6 is 0 Å². The third-order valence-corrected chi connectivity index (χ3v) is 2.94. The first-order valence-corrected chi connectivity index (χ1v) is 5.45. The van der Waals surface area contributed by atoms with Gasteiger partial charge in [0, 0.05) is 18.5 Å². The number of rotatable bonds is 5. The van der Waals surface area contributed by atoms with Crippen molar-refractivity contribution in [2.75, 3.05) is 6.54 Å². The van der Waals surface area contributed by atoms with Gasteiger partial charge in [-0.1, -0.05) is 30.3 Å². The monoisotopic (exact) mass is 220 g/mol. The van der Waals surface area contributed by atoms with Crippen molar-refractivity contribution in [3.05, 3.63) is 35.9 Å². The van der Waals surface area contributed by atoms with Gasteiger partial charge in [0.1, 0.15) is 6.04 Å². The number of carboxylic acid groups (broad SMARTS) is 1. The minimum atomic E-state index is -0.954. The maximum Gasteiger partial charge on any atom is 0.321 e. The first-order chi connectivity index (χ1) is 7.68. The highest BCUT2D eigenvalue weighted by atomic mass is 16.4. The van der Waals surface area contributed by atoms with E-state index in [-0.39, 0.29) is 0 Å². The molecule has 86 valence electrons. The van der Waals surface area contributed by atoms with Gasteiger partial charge < -0.3 is 16.2 Å². The lowest BCUT2D eigenvalue weighted by Gasteiger charge is -2.07. The maximum absolute atomic E-state index is 10.5. The lowest BCUT2D eigenvalue weighted by Crippen LogP contribution is -2.41. The van der Waals surface area contributed by atoms with E-state index in [0.717, 1.165) is 6.42 Å². The summed E-state index contributed by atoms with van der Waals surface area (Å²) < 4.78 is 0. The van der Waals surface area contributed by atoms with E-state index in [4.69, 9.17) is 10.8 Å². The standard InChI is InChI=1S/C12H16N2O2/c13-10(12(15)16)7-14-11-6-9(11)8-4-2-1-3-5-8/h1-5,9-11,14H,6-7,13H2,(H,15,16). The van der Waals surface area contributed by atoms with Gasteiger partial charge in [0.05, 0.1) is 0 Å². The van der Waals surface area contributed by atoms with Crippen LogP contribution < -0.4 is 11.1 Å². The fourth-order valence-corrected chi connectivity index (χ4v) is 1.85. The van der Waals surface area contributed by atoms with Gasteiger partial charge in [0.2, 0.25) is 0 Å². The molecule has 1 aliphatic rings. The Bertz CT molecular complexity index is 367. The van der Waals surface area contributed by atoms with Gasteiger partial charge in [-0.3, -0.25) is 4.79 Å². The van der Waals surface area contributed by atoms with Crippen molar-refractivity contribution < 1.29 is 9.90 Å². The first kappa shape index (κ1) is 11.1. The molecule has 0 radical (unpaired) electrons. The molecule has 0 aliphatic heterocycles. The van der Waals surface area contributed by atoms with Crippen molar-refractivity contribution in [2.24, 2.45) is 5.73 Å². The summed E-state index contributed by atoms with van der Waals surface area (Å²) in [7, 11) is 0. The third kappa shape index (κ3) is 2.59. The van der Waals surface area contributed by atoms with E-state index >= 15 is 0 Å². The average Bonchev–Trinajstić information content (AvgIpc) is 3.06. The van der Waals surface area contributed by atoms with Crippen LogP contribution in [0.15, 0.2) is 30.3 Å². The van der Waals surface area contributed by atoms with Crippen molar-refractivity contribution in [1.29, 1.82) is 0 Å². The Labute approximate surface area is 94.5 Å². The summed E-state index contributed by atoms with van der Waals surface area (Å²) in [6.07, 6.45) is 1.07. The number of nitrogens with one attached hydrogen (secondary N) is 1. The summed E-state index contributed by atoms with van der Waals surface area (Å²) in [6.45, 7) is 0.337. The molecular formula is C12H16N2O2. The minimum Gasteiger partial charge on any atom is -0.480 e. The van der Waals surface area contributed by atoms with Gasteiger partial charge in [-0.15, -0.1) is 0 Å². The Balaban J connectivity index is 1.78. The highest BCUT2D eigenvalue weighted by molar-refractivity contribution is 5.73. The molecule has 4 N–H and O–H groups in total. The Hall–Kier alpha value is -1.39. The number of carbonyl (C=O) groups is 1. The van der Waals surface area contributed by atoms with E-state index in [1.807, 2.05) is 18.2 Å². The minimum absolute atomic E-state index is 0.337. The second-order valence-electron chi connectivity index (χ2n) is 4.21. The summed E-state index contributed by atoms with van der Waals surface area (Å²) in [6, 6.07) is 9.81. The van der Waals surface area contributed by atoms with Gasteiger partial charge in [-0.2, -0.15) is 0 Å². The fourth-order valence-electron chi connectivity index (χ4n) is 1.85. The molecule has 3 atom stereocenters. The molecule has 4 nitrogen and oxygen atoms in total. The highest BCUT2D eigenvalue weighted by Gasteiger charge is 2.38. The zero-order valence-corrected chi connectivity index (χ0v) is 8.97. The van der Waals surface area contributed by atoms with Crippen LogP contribution in [0.2, 0.25) is 0 Å². The van der Waals surface area contributed by atoms with Crippen LogP contribution in [0.25, 0.3) is 0 Å². The molecule has 3 unspecified atom stereocenters. The SMILES string of the molecule is NC(CNC1CC1c1ccccc1)C(=O)O. The number of aliphatic carboxylic acids is 1. The second-order valence-corrected chi connectivity index (χ2v) is 4.21. The summed E-state index contributed by atoms with van der Waals surface area (Å²) in [5.41, 5.74) is 6.72. The van der Waals surface area contributed by atoms with Gasteiger partial charge in [0.15, 0.2) is 0 Å². The van der Waals surface area contributed by atoms with Crippen LogP contribution in [0.1, 0.15) is 17.9 Å². The second kappa shape index (κ2) is 4.63. The molecule has 1 aromatic rings. The largest absolute Gasteiger partial charge is 0.480 e. The topological polar surface area (TPSA) is 75.3 Å². The third-order valence-electron chi connectivity index (χ3n) is 2.94. The van der Waals surface area contributed by atoms with Crippen molar-refractivity contribution >= 4 is 5.97 Å². The van der Waals surface area contributed by atoms with Crippen molar-refractivity contribution in [2.45, 2.75) is 24.4 Å². The lowest BCUT2D eigenvalue weighted by molar-refractivity contribution is -0.138. The molecule has 0 bridgehead atoms. The molecule has 1 fully saturated rings. The number of hydrogen-bond acceptors (Lipinski definition) is 3. The van der Waals surface area contributed by atoms with E-state index in [9.17, 15) is 4.79 Å². The van der Waals surface area contributed by atoms with Crippen LogP contribution in [0.4, 0.5) is 0 Å². The highest BCUT2D eigenvalue weighted by Crippen LogP contribution is 2.40. The Morgan fingerprint density at radius 3 is 2.81 bits per heavy atom. The van der Waals surface area contributed by atoms with Gasteiger partial charge in [0.25, 0.3) is 0 Å². The summed E-state index contributed by atoms with van der Waals surface area (Å²) >= 11 is 0. The molecular weight excluding hydrogens is 204 g/mol. The van der Waals surface area contributed by atoms with E-state index in [0.29, 0.717) is 18.5 Å². The molecule has 1 saturated carbocycles. The Morgan fingerprint density at radius 2 is 2.19 bits per heavy atom. The number of benzene rings is 1. The lowest BCUT2D eigenvalue weighted by atomic mass is 10.1. The Morgan fingerprint density at radius 1 is 1.50 bits per heavy atom. The molecule has 0 amide bonds. The maximum atomic E-state index is 10.5. The molecule has 0 spiro atoms. The zero-order valence-electron chi connectivity index (χ0n) is 8.97.